The zero-order valence-corrected chi connectivity index (χ0v) is 13.3. The van der Waals surface area contributed by atoms with Crippen LogP contribution in [-0.4, -0.2) is 18.0 Å². The van der Waals surface area contributed by atoms with Gasteiger partial charge in [0.25, 0.3) is 0 Å². The van der Waals surface area contributed by atoms with Gasteiger partial charge in [-0.3, -0.25) is 4.79 Å². The Hall–Kier alpha value is -0.670. The van der Waals surface area contributed by atoms with Gasteiger partial charge in [0.1, 0.15) is 0 Å². The normalized spacial score (nSPS) is 25.6. The van der Waals surface area contributed by atoms with Gasteiger partial charge in [0.05, 0.1) is 5.60 Å². The molecular weight excluding hydrogens is 316 g/mol. The number of benzene rings is 1. The van der Waals surface area contributed by atoms with E-state index >= 15 is 0 Å². The van der Waals surface area contributed by atoms with E-state index in [9.17, 15) is 4.79 Å². The summed E-state index contributed by atoms with van der Waals surface area (Å²) in [5, 5.41) is 0. The van der Waals surface area contributed by atoms with Crippen LogP contribution >= 0.6 is 15.9 Å². The van der Waals surface area contributed by atoms with Crippen molar-refractivity contribution in [3.05, 3.63) is 34.3 Å². The smallest absolute Gasteiger partial charge is 0.166 e. The summed E-state index contributed by atoms with van der Waals surface area (Å²) in [6.07, 6.45) is 7.88. The van der Waals surface area contributed by atoms with Crippen LogP contribution in [0, 0.1) is 5.92 Å². The maximum atomic E-state index is 12.7. The van der Waals surface area contributed by atoms with Gasteiger partial charge < -0.3 is 4.74 Å². The SMILES string of the molecule is O=C(c1ccc(Br)cc1)C1CCOC2(CCCCC2)C1. The van der Waals surface area contributed by atoms with E-state index in [0.717, 1.165) is 42.3 Å². The fourth-order valence-electron chi connectivity index (χ4n) is 3.65. The Morgan fingerprint density at radius 2 is 1.85 bits per heavy atom. The molecule has 0 amide bonds. The third-order valence-corrected chi connectivity index (χ3v) is 5.29. The number of carbonyl (C=O) groups is 1. The number of carbonyl (C=O) groups excluding carboxylic acids is 1. The molecule has 0 radical (unpaired) electrons. The van der Waals surface area contributed by atoms with Crippen molar-refractivity contribution in [2.24, 2.45) is 5.92 Å². The van der Waals surface area contributed by atoms with Gasteiger partial charge in [0.2, 0.25) is 0 Å². The fourth-order valence-corrected chi connectivity index (χ4v) is 3.91. The lowest BCUT2D eigenvalue weighted by atomic mass is 9.74. The van der Waals surface area contributed by atoms with E-state index < -0.39 is 0 Å². The predicted molar refractivity (Wildman–Crippen MR) is 83.0 cm³/mol. The van der Waals surface area contributed by atoms with Gasteiger partial charge in [0.15, 0.2) is 5.78 Å². The van der Waals surface area contributed by atoms with E-state index in [2.05, 4.69) is 15.9 Å². The quantitative estimate of drug-likeness (QED) is 0.727. The Morgan fingerprint density at radius 3 is 2.55 bits per heavy atom. The first kappa shape index (κ1) is 14.3. The molecule has 2 nitrogen and oxygen atoms in total. The van der Waals surface area contributed by atoms with Crippen molar-refractivity contribution in [2.75, 3.05) is 6.61 Å². The molecule has 0 bridgehead atoms. The Bertz CT molecular complexity index is 469. The molecule has 1 atom stereocenters. The van der Waals surface area contributed by atoms with Gasteiger partial charge in [-0.05, 0) is 37.8 Å². The van der Waals surface area contributed by atoms with Crippen molar-refractivity contribution < 1.29 is 9.53 Å². The maximum Gasteiger partial charge on any atom is 0.166 e. The van der Waals surface area contributed by atoms with Crippen LogP contribution in [0.25, 0.3) is 0 Å². The van der Waals surface area contributed by atoms with Crippen LogP contribution in [0.4, 0.5) is 0 Å². The molecule has 20 heavy (non-hydrogen) atoms. The van der Waals surface area contributed by atoms with E-state index in [1.54, 1.807) is 0 Å². The zero-order valence-electron chi connectivity index (χ0n) is 11.7. The van der Waals surface area contributed by atoms with Crippen molar-refractivity contribution in [3.8, 4) is 0 Å². The molecule has 1 saturated carbocycles. The van der Waals surface area contributed by atoms with Crippen LogP contribution in [0.5, 0.6) is 0 Å². The highest BCUT2D eigenvalue weighted by Gasteiger charge is 2.40. The number of ketones is 1. The van der Waals surface area contributed by atoms with Crippen LogP contribution in [0.1, 0.15) is 55.3 Å². The van der Waals surface area contributed by atoms with E-state index in [1.165, 1.54) is 19.3 Å². The lowest BCUT2D eigenvalue weighted by Gasteiger charge is -2.43. The first-order valence-electron chi connectivity index (χ1n) is 7.62. The molecule has 1 spiro atoms. The summed E-state index contributed by atoms with van der Waals surface area (Å²) in [7, 11) is 0. The highest BCUT2D eigenvalue weighted by atomic mass is 79.9. The van der Waals surface area contributed by atoms with Gasteiger partial charge in [-0.15, -0.1) is 0 Å². The highest BCUT2D eigenvalue weighted by Crippen LogP contribution is 2.41. The molecule has 1 aromatic carbocycles. The second-order valence-electron chi connectivity index (χ2n) is 6.15. The molecule has 2 fully saturated rings. The average Bonchev–Trinajstić information content (AvgIpc) is 2.48. The molecule has 1 aromatic rings. The largest absolute Gasteiger partial charge is 0.375 e. The maximum absolute atomic E-state index is 12.7. The van der Waals surface area contributed by atoms with Crippen molar-refractivity contribution in [2.45, 2.75) is 50.5 Å². The molecule has 0 N–H and O–H groups in total. The first-order valence-corrected chi connectivity index (χ1v) is 8.42. The summed E-state index contributed by atoms with van der Waals surface area (Å²) < 4.78 is 7.10. The van der Waals surface area contributed by atoms with Crippen LogP contribution < -0.4 is 0 Å². The van der Waals surface area contributed by atoms with E-state index in [-0.39, 0.29) is 11.5 Å². The fraction of sp³-hybridized carbons (Fsp3) is 0.588. The Balaban J connectivity index is 1.73. The molecule has 0 aromatic heterocycles. The molecular formula is C17H21BrO2. The van der Waals surface area contributed by atoms with Gasteiger partial charge in [-0.25, -0.2) is 0 Å². The Kier molecular flexibility index (Phi) is 4.27. The average molecular weight is 337 g/mol. The number of hydrogen-bond acceptors (Lipinski definition) is 2. The van der Waals surface area contributed by atoms with Crippen LogP contribution in [0.3, 0.4) is 0 Å². The summed E-state index contributed by atoms with van der Waals surface area (Å²) in [5.41, 5.74) is 0.845. The molecule has 1 aliphatic heterocycles. The minimum absolute atomic E-state index is 0.00614. The van der Waals surface area contributed by atoms with Crippen LogP contribution in [0.2, 0.25) is 0 Å². The third kappa shape index (κ3) is 2.99. The van der Waals surface area contributed by atoms with E-state index in [1.807, 2.05) is 24.3 Å². The second-order valence-corrected chi connectivity index (χ2v) is 7.07. The summed E-state index contributed by atoms with van der Waals surface area (Å²) in [6, 6.07) is 7.75. The van der Waals surface area contributed by atoms with Gasteiger partial charge >= 0.3 is 0 Å². The molecule has 1 aliphatic carbocycles. The molecule has 108 valence electrons. The monoisotopic (exact) mass is 336 g/mol. The summed E-state index contributed by atoms with van der Waals surface area (Å²) >= 11 is 3.42. The third-order valence-electron chi connectivity index (χ3n) is 4.76. The summed E-state index contributed by atoms with van der Waals surface area (Å²) in [6.45, 7) is 0.743. The van der Waals surface area contributed by atoms with Crippen molar-refractivity contribution in [3.63, 3.8) is 0 Å². The minimum atomic E-state index is 0.00614. The highest BCUT2D eigenvalue weighted by molar-refractivity contribution is 9.10. The lowest BCUT2D eigenvalue weighted by molar-refractivity contribution is -0.111. The summed E-state index contributed by atoms with van der Waals surface area (Å²) in [4.78, 5) is 12.7. The van der Waals surface area contributed by atoms with Crippen molar-refractivity contribution >= 4 is 21.7 Å². The predicted octanol–water partition coefficient (Wildman–Crippen LogP) is 4.76. The minimum Gasteiger partial charge on any atom is -0.375 e. The van der Waals surface area contributed by atoms with Gasteiger partial charge in [-0.1, -0.05) is 47.3 Å². The number of hydrogen-bond donors (Lipinski definition) is 0. The molecule has 1 saturated heterocycles. The number of Topliss-reactive ketones (excluding diaryl/α,β-unsaturated/α-hetero) is 1. The summed E-state index contributed by atoms with van der Waals surface area (Å²) in [5.74, 6) is 0.439. The van der Waals surface area contributed by atoms with E-state index in [0.29, 0.717) is 5.78 Å². The number of rotatable bonds is 2. The number of ether oxygens (including phenoxy) is 1. The van der Waals surface area contributed by atoms with E-state index in [4.69, 9.17) is 4.74 Å². The molecule has 1 unspecified atom stereocenters. The second kappa shape index (κ2) is 5.98. The van der Waals surface area contributed by atoms with Crippen molar-refractivity contribution in [1.82, 2.24) is 0 Å². The topological polar surface area (TPSA) is 26.3 Å². The van der Waals surface area contributed by atoms with Gasteiger partial charge in [-0.2, -0.15) is 0 Å². The Morgan fingerprint density at radius 1 is 1.15 bits per heavy atom. The first-order chi connectivity index (χ1) is 9.69. The molecule has 1 heterocycles. The van der Waals surface area contributed by atoms with Gasteiger partial charge in [0, 0.05) is 22.6 Å². The molecule has 3 heteroatoms. The molecule has 3 rings (SSSR count). The standard InChI is InChI=1S/C17H21BrO2/c18-15-6-4-13(5-7-15)16(19)14-8-11-20-17(12-14)9-2-1-3-10-17/h4-7,14H,1-3,8-12H2. The number of halogens is 1. The zero-order chi connectivity index (χ0) is 14.0. The van der Waals surface area contributed by atoms with Crippen molar-refractivity contribution in [1.29, 1.82) is 0 Å². The molecule has 2 aliphatic rings. The lowest BCUT2D eigenvalue weighted by Crippen LogP contribution is -2.43. The van der Waals surface area contributed by atoms with Crippen LogP contribution in [0.15, 0.2) is 28.7 Å². The Labute approximate surface area is 129 Å². The van der Waals surface area contributed by atoms with Crippen LogP contribution in [-0.2, 0) is 4.74 Å².